The van der Waals surface area contributed by atoms with Crippen molar-refractivity contribution in [3.05, 3.63) is 29.6 Å². The smallest absolute Gasteiger partial charge is 0.313 e. The van der Waals surface area contributed by atoms with E-state index in [1.165, 1.54) is 18.6 Å². The van der Waals surface area contributed by atoms with Crippen LogP contribution in [0.5, 0.6) is 0 Å². The molecule has 0 unspecified atom stereocenters. The number of amides is 2. The van der Waals surface area contributed by atoms with Gasteiger partial charge in [0.25, 0.3) is 0 Å². The summed E-state index contributed by atoms with van der Waals surface area (Å²) in [4.78, 5) is 26.0. The Hall–Kier alpha value is -2.46. The average molecular weight is 346 g/mol. The van der Waals surface area contributed by atoms with Crippen molar-refractivity contribution in [3.8, 4) is 6.07 Å². The van der Waals surface area contributed by atoms with Crippen molar-refractivity contribution in [2.45, 2.75) is 20.3 Å². The Morgan fingerprint density at radius 1 is 1.28 bits per heavy atom. The van der Waals surface area contributed by atoms with Gasteiger partial charge < -0.3 is 15.5 Å². The van der Waals surface area contributed by atoms with E-state index in [4.69, 9.17) is 5.26 Å². The number of nitrogens with zero attached hydrogens (tertiary/aromatic N) is 2. The van der Waals surface area contributed by atoms with Crippen molar-refractivity contribution in [2.24, 2.45) is 11.8 Å². The van der Waals surface area contributed by atoms with Gasteiger partial charge in [-0.15, -0.1) is 0 Å². The minimum Gasteiger partial charge on any atom is -0.347 e. The second kappa shape index (κ2) is 8.58. The van der Waals surface area contributed by atoms with Crippen molar-refractivity contribution in [1.29, 1.82) is 5.26 Å². The predicted octanol–water partition coefficient (Wildman–Crippen LogP) is 1.73. The predicted molar refractivity (Wildman–Crippen MR) is 92.1 cm³/mol. The molecule has 1 aromatic rings. The standard InChI is InChI=1S/C18H23FN4O2/c1-12-7-13(2)11-23(10-12)6-5-21-17(24)18(25)22-15-3-4-16(19)14(8-15)9-20/h3-4,8,12-13H,5-7,10-11H2,1-2H3,(H,21,24)(H,22,25)/t12-,13-/m0/s1. The number of rotatable bonds is 4. The lowest BCUT2D eigenvalue weighted by atomic mass is 9.92. The molecule has 1 fully saturated rings. The molecule has 2 N–H and O–H groups in total. The first kappa shape index (κ1) is 18.9. The number of benzene rings is 1. The van der Waals surface area contributed by atoms with E-state index in [0.29, 0.717) is 24.9 Å². The molecule has 2 rings (SSSR count). The fourth-order valence-corrected chi connectivity index (χ4v) is 3.26. The van der Waals surface area contributed by atoms with Crippen molar-refractivity contribution in [3.63, 3.8) is 0 Å². The molecule has 6 nitrogen and oxygen atoms in total. The lowest BCUT2D eigenvalue weighted by Gasteiger charge is -2.34. The van der Waals surface area contributed by atoms with Crippen molar-refractivity contribution < 1.29 is 14.0 Å². The molecule has 0 bridgehead atoms. The molecule has 1 saturated heterocycles. The number of piperidine rings is 1. The van der Waals surface area contributed by atoms with E-state index in [9.17, 15) is 14.0 Å². The summed E-state index contributed by atoms with van der Waals surface area (Å²) in [6.07, 6.45) is 1.22. The molecule has 1 aliphatic heterocycles. The molecular weight excluding hydrogens is 323 g/mol. The Morgan fingerprint density at radius 3 is 2.60 bits per heavy atom. The topological polar surface area (TPSA) is 85.2 Å². The molecule has 7 heteroatoms. The maximum Gasteiger partial charge on any atom is 0.313 e. The number of hydrogen-bond acceptors (Lipinski definition) is 4. The van der Waals surface area contributed by atoms with Crippen LogP contribution in [0.3, 0.4) is 0 Å². The highest BCUT2D eigenvalue weighted by atomic mass is 19.1. The van der Waals surface area contributed by atoms with Gasteiger partial charge in [-0.3, -0.25) is 9.59 Å². The third-order valence-electron chi connectivity index (χ3n) is 4.21. The Balaban J connectivity index is 1.79. The first-order chi connectivity index (χ1) is 11.9. The van der Waals surface area contributed by atoms with Crippen LogP contribution in [0, 0.1) is 29.0 Å². The van der Waals surface area contributed by atoms with Crippen molar-refractivity contribution in [1.82, 2.24) is 10.2 Å². The highest BCUT2D eigenvalue weighted by molar-refractivity contribution is 6.39. The van der Waals surface area contributed by atoms with E-state index >= 15 is 0 Å². The second-order valence-electron chi connectivity index (χ2n) is 6.72. The molecule has 2 atom stereocenters. The van der Waals surface area contributed by atoms with Crippen LogP contribution in [0.4, 0.5) is 10.1 Å². The van der Waals surface area contributed by atoms with Gasteiger partial charge in [0.2, 0.25) is 0 Å². The molecule has 0 spiro atoms. The molecule has 25 heavy (non-hydrogen) atoms. The van der Waals surface area contributed by atoms with E-state index in [0.717, 1.165) is 19.2 Å². The third kappa shape index (κ3) is 5.54. The normalized spacial score (nSPS) is 20.6. The zero-order valence-corrected chi connectivity index (χ0v) is 14.5. The number of carbonyl (C=O) groups is 2. The molecule has 1 heterocycles. The van der Waals surface area contributed by atoms with Crippen LogP contribution in [0.1, 0.15) is 25.8 Å². The quantitative estimate of drug-likeness (QED) is 0.813. The van der Waals surface area contributed by atoms with E-state index in [2.05, 4.69) is 29.4 Å². The van der Waals surface area contributed by atoms with E-state index in [1.807, 2.05) is 0 Å². The van der Waals surface area contributed by atoms with Gasteiger partial charge in [0.15, 0.2) is 0 Å². The zero-order valence-electron chi connectivity index (χ0n) is 14.5. The maximum absolute atomic E-state index is 13.2. The summed E-state index contributed by atoms with van der Waals surface area (Å²) in [6, 6.07) is 5.25. The Kier molecular flexibility index (Phi) is 6.48. The fraction of sp³-hybridized carbons (Fsp3) is 0.500. The van der Waals surface area contributed by atoms with Gasteiger partial charge in [0, 0.05) is 31.9 Å². The minimum atomic E-state index is -0.837. The van der Waals surface area contributed by atoms with Gasteiger partial charge >= 0.3 is 11.8 Å². The number of nitriles is 1. The molecule has 2 amide bonds. The molecule has 1 aliphatic rings. The summed E-state index contributed by atoms with van der Waals surface area (Å²) in [7, 11) is 0. The number of likely N-dealkylation sites (tertiary alicyclic amines) is 1. The number of carbonyl (C=O) groups excluding carboxylic acids is 2. The molecule has 0 aromatic heterocycles. The Bertz CT molecular complexity index is 676. The summed E-state index contributed by atoms with van der Waals surface area (Å²) in [5.41, 5.74) is 0.0170. The first-order valence-corrected chi connectivity index (χ1v) is 8.40. The molecular formula is C18H23FN4O2. The average Bonchev–Trinajstić information content (AvgIpc) is 2.55. The Morgan fingerprint density at radius 2 is 1.96 bits per heavy atom. The highest BCUT2D eigenvalue weighted by Crippen LogP contribution is 2.20. The molecule has 0 radical (unpaired) electrons. The summed E-state index contributed by atoms with van der Waals surface area (Å²) in [5.74, 6) is -0.988. The van der Waals surface area contributed by atoms with Crippen LogP contribution in [-0.2, 0) is 9.59 Å². The second-order valence-corrected chi connectivity index (χ2v) is 6.72. The molecule has 134 valence electrons. The highest BCUT2D eigenvalue weighted by Gasteiger charge is 2.22. The van der Waals surface area contributed by atoms with Gasteiger partial charge in [-0.05, 0) is 36.5 Å². The first-order valence-electron chi connectivity index (χ1n) is 8.40. The molecule has 1 aromatic carbocycles. The number of anilines is 1. The Labute approximate surface area is 147 Å². The lowest BCUT2D eigenvalue weighted by molar-refractivity contribution is -0.136. The van der Waals surface area contributed by atoms with E-state index in [1.54, 1.807) is 6.07 Å². The van der Waals surface area contributed by atoms with Gasteiger partial charge in [0.05, 0.1) is 5.56 Å². The van der Waals surface area contributed by atoms with Crippen molar-refractivity contribution in [2.75, 3.05) is 31.5 Å². The summed E-state index contributed by atoms with van der Waals surface area (Å²) in [6.45, 7) is 7.51. The van der Waals surface area contributed by atoms with Crippen LogP contribution >= 0.6 is 0 Å². The summed E-state index contributed by atoms with van der Waals surface area (Å²) < 4.78 is 13.2. The van der Waals surface area contributed by atoms with Gasteiger partial charge in [-0.1, -0.05) is 13.8 Å². The summed E-state index contributed by atoms with van der Waals surface area (Å²) in [5, 5.41) is 13.7. The molecule has 0 aliphatic carbocycles. The van der Waals surface area contributed by atoms with E-state index in [-0.39, 0.29) is 11.3 Å². The zero-order chi connectivity index (χ0) is 18.4. The SMILES string of the molecule is C[C@H]1C[C@H](C)CN(CCNC(=O)C(=O)Nc2ccc(F)c(C#N)c2)C1. The minimum absolute atomic E-state index is 0.188. The summed E-state index contributed by atoms with van der Waals surface area (Å²) >= 11 is 0. The van der Waals surface area contributed by atoms with Crippen LogP contribution < -0.4 is 10.6 Å². The van der Waals surface area contributed by atoms with Crippen LogP contribution in [0.25, 0.3) is 0 Å². The third-order valence-corrected chi connectivity index (χ3v) is 4.21. The molecule has 0 saturated carbocycles. The monoisotopic (exact) mass is 346 g/mol. The van der Waals surface area contributed by atoms with Crippen LogP contribution in [-0.4, -0.2) is 42.9 Å². The van der Waals surface area contributed by atoms with Crippen molar-refractivity contribution >= 4 is 17.5 Å². The largest absolute Gasteiger partial charge is 0.347 e. The maximum atomic E-state index is 13.2. The van der Waals surface area contributed by atoms with Gasteiger partial charge in [-0.2, -0.15) is 5.26 Å². The number of nitrogens with one attached hydrogen (secondary N) is 2. The number of halogens is 1. The van der Waals surface area contributed by atoms with E-state index < -0.39 is 17.6 Å². The fourth-order valence-electron chi connectivity index (χ4n) is 3.26. The number of hydrogen-bond donors (Lipinski definition) is 2. The van der Waals surface area contributed by atoms with Gasteiger partial charge in [-0.25, -0.2) is 4.39 Å². The van der Waals surface area contributed by atoms with Crippen LogP contribution in [0.2, 0.25) is 0 Å². The lowest BCUT2D eigenvalue weighted by Crippen LogP contribution is -2.44. The van der Waals surface area contributed by atoms with Gasteiger partial charge in [0.1, 0.15) is 11.9 Å². The van der Waals surface area contributed by atoms with Crippen LogP contribution in [0.15, 0.2) is 18.2 Å².